The first-order chi connectivity index (χ1) is 17.8. The lowest BCUT2D eigenvalue weighted by molar-refractivity contribution is -0.137. The molecule has 1 heterocycles. The second-order valence-corrected chi connectivity index (χ2v) is 9.53. The van der Waals surface area contributed by atoms with Crippen LogP contribution in [-0.4, -0.2) is 53.1 Å². The molecule has 2 aromatic rings. The normalized spacial score (nSPS) is 17.1. The summed E-state index contributed by atoms with van der Waals surface area (Å²) in [6.45, 7) is 2.66. The third kappa shape index (κ3) is 6.89. The number of aliphatic imine (C=N–C) groups is 1. The average Bonchev–Trinajstić information content (AvgIpc) is 3.17. The molecule has 0 saturated heterocycles. The topological polar surface area (TPSA) is 99.1 Å². The van der Waals surface area contributed by atoms with E-state index in [9.17, 15) is 18.8 Å². The van der Waals surface area contributed by atoms with Gasteiger partial charge in [0.15, 0.2) is 0 Å². The van der Waals surface area contributed by atoms with Crippen molar-refractivity contribution in [1.82, 2.24) is 10.2 Å². The van der Waals surface area contributed by atoms with Crippen LogP contribution in [0.5, 0.6) is 0 Å². The lowest BCUT2D eigenvalue weighted by atomic mass is 9.86. The Labute approximate surface area is 217 Å². The Balaban J connectivity index is 0.000000479. The SMILES string of the molecule is CCCC(c1ccc(C=O)cc1)N1C(=O)C(c2cccc(F)c2)=NC12CCCCC2.CNCCC(=O)O. The van der Waals surface area contributed by atoms with Gasteiger partial charge in [0.25, 0.3) is 5.91 Å². The zero-order valence-corrected chi connectivity index (χ0v) is 21.6. The summed E-state index contributed by atoms with van der Waals surface area (Å²) in [4.78, 5) is 41.5. The number of carboxylic acids is 1. The number of rotatable bonds is 9. The van der Waals surface area contributed by atoms with Gasteiger partial charge in [0.1, 0.15) is 23.5 Å². The summed E-state index contributed by atoms with van der Waals surface area (Å²) >= 11 is 0. The predicted molar refractivity (Wildman–Crippen MR) is 141 cm³/mol. The minimum Gasteiger partial charge on any atom is -0.481 e. The van der Waals surface area contributed by atoms with Crippen LogP contribution >= 0.6 is 0 Å². The van der Waals surface area contributed by atoms with E-state index < -0.39 is 11.6 Å². The molecule has 7 nitrogen and oxygen atoms in total. The van der Waals surface area contributed by atoms with Gasteiger partial charge in [-0.25, -0.2) is 4.39 Å². The van der Waals surface area contributed by atoms with Crippen LogP contribution in [-0.2, 0) is 9.59 Å². The van der Waals surface area contributed by atoms with Gasteiger partial charge in [-0.2, -0.15) is 0 Å². The van der Waals surface area contributed by atoms with E-state index >= 15 is 0 Å². The molecule has 2 aliphatic rings. The van der Waals surface area contributed by atoms with Gasteiger partial charge >= 0.3 is 5.97 Å². The molecule has 198 valence electrons. The first-order valence-corrected chi connectivity index (χ1v) is 13.0. The second kappa shape index (κ2) is 13.2. The van der Waals surface area contributed by atoms with Crippen molar-refractivity contribution < 1.29 is 23.9 Å². The summed E-state index contributed by atoms with van der Waals surface area (Å²) in [6, 6.07) is 13.5. The molecule has 1 unspecified atom stereocenters. The first-order valence-electron chi connectivity index (χ1n) is 13.0. The molecule has 0 bridgehead atoms. The van der Waals surface area contributed by atoms with Crippen molar-refractivity contribution in [3.05, 3.63) is 71.0 Å². The number of carbonyl (C=O) groups is 3. The van der Waals surface area contributed by atoms with Gasteiger partial charge in [-0.3, -0.25) is 19.4 Å². The molecule has 0 aromatic heterocycles. The maximum atomic E-state index is 13.9. The number of benzene rings is 2. The van der Waals surface area contributed by atoms with Crippen molar-refractivity contribution in [2.45, 2.75) is 70.0 Å². The Kier molecular flexibility index (Phi) is 10.1. The molecular formula is C29H36FN3O4. The van der Waals surface area contributed by atoms with E-state index in [-0.39, 0.29) is 24.2 Å². The lowest BCUT2D eigenvalue weighted by Gasteiger charge is -2.44. The number of carbonyl (C=O) groups excluding carboxylic acids is 2. The van der Waals surface area contributed by atoms with Crippen molar-refractivity contribution in [3.8, 4) is 0 Å². The molecular weight excluding hydrogens is 473 g/mol. The van der Waals surface area contributed by atoms with Crippen LogP contribution in [0, 0.1) is 5.82 Å². The monoisotopic (exact) mass is 509 g/mol. The van der Waals surface area contributed by atoms with Gasteiger partial charge < -0.3 is 15.3 Å². The van der Waals surface area contributed by atoms with Crippen LogP contribution in [0.4, 0.5) is 4.39 Å². The Morgan fingerprint density at radius 3 is 2.43 bits per heavy atom. The van der Waals surface area contributed by atoms with Crippen molar-refractivity contribution in [2.24, 2.45) is 4.99 Å². The van der Waals surface area contributed by atoms with Crippen molar-refractivity contribution in [1.29, 1.82) is 0 Å². The molecule has 1 spiro atoms. The molecule has 2 N–H and O–H groups in total. The van der Waals surface area contributed by atoms with Gasteiger partial charge in [-0.05, 0) is 56.8 Å². The second-order valence-electron chi connectivity index (χ2n) is 9.53. The van der Waals surface area contributed by atoms with E-state index in [2.05, 4.69) is 12.2 Å². The number of halogens is 1. The Bertz CT molecular complexity index is 1110. The highest BCUT2D eigenvalue weighted by Crippen LogP contribution is 2.45. The van der Waals surface area contributed by atoms with E-state index in [0.717, 1.165) is 56.8 Å². The molecule has 4 rings (SSSR count). The summed E-state index contributed by atoms with van der Waals surface area (Å²) in [7, 11) is 1.73. The third-order valence-electron chi connectivity index (χ3n) is 6.86. The molecule has 1 aliphatic carbocycles. The van der Waals surface area contributed by atoms with Crippen molar-refractivity contribution >= 4 is 23.9 Å². The van der Waals surface area contributed by atoms with E-state index in [0.29, 0.717) is 23.4 Å². The van der Waals surface area contributed by atoms with Crippen LogP contribution < -0.4 is 5.32 Å². The quantitative estimate of drug-likeness (QED) is 0.456. The fraction of sp³-hybridized carbons (Fsp3) is 0.448. The minimum absolute atomic E-state index is 0.125. The molecule has 2 aromatic carbocycles. The van der Waals surface area contributed by atoms with Gasteiger partial charge in [0.2, 0.25) is 0 Å². The Morgan fingerprint density at radius 2 is 1.89 bits per heavy atom. The smallest absolute Gasteiger partial charge is 0.304 e. The molecule has 1 aliphatic heterocycles. The van der Waals surface area contributed by atoms with Crippen LogP contribution in [0.15, 0.2) is 53.5 Å². The lowest BCUT2D eigenvalue weighted by Crippen LogP contribution is -2.50. The van der Waals surface area contributed by atoms with Gasteiger partial charge in [-0.15, -0.1) is 0 Å². The highest BCUT2D eigenvalue weighted by Gasteiger charge is 2.50. The Hall–Kier alpha value is -3.39. The minimum atomic E-state index is -0.755. The number of aldehydes is 1. The first kappa shape index (κ1) is 28.2. The standard InChI is InChI=1S/C25H27FN2O2.C4H9NO2/c1-2-7-22(19-12-10-18(17-29)11-13-19)28-24(30)23(20-8-6-9-21(26)16-20)27-25(28)14-4-3-5-15-25;1-5-3-2-4(6)7/h6,8-13,16-17,22H,2-5,7,14-15H2,1H3;5H,2-3H2,1H3,(H,6,7). The summed E-state index contributed by atoms with van der Waals surface area (Å²) in [6.07, 6.45) is 7.58. The average molecular weight is 510 g/mol. The molecule has 1 saturated carbocycles. The maximum absolute atomic E-state index is 13.9. The van der Waals surface area contributed by atoms with Crippen molar-refractivity contribution in [2.75, 3.05) is 13.6 Å². The molecule has 1 amide bonds. The zero-order valence-electron chi connectivity index (χ0n) is 21.6. The molecule has 37 heavy (non-hydrogen) atoms. The number of hydrogen-bond donors (Lipinski definition) is 2. The number of amides is 1. The van der Waals surface area contributed by atoms with Crippen LogP contribution in [0.3, 0.4) is 0 Å². The summed E-state index contributed by atoms with van der Waals surface area (Å²) < 4.78 is 13.9. The van der Waals surface area contributed by atoms with Crippen LogP contribution in [0.2, 0.25) is 0 Å². The Morgan fingerprint density at radius 1 is 1.19 bits per heavy atom. The number of nitrogens with zero attached hydrogens (tertiary/aromatic N) is 2. The molecule has 0 radical (unpaired) electrons. The van der Waals surface area contributed by atoms with E-state index in [4.69, 9.17) is 10.1 Å². The predicted octanol–water partition coefficient (Wildman–Crippen LogP) is 5.15. The van der Waals surface area contributed by atoms with Gasteiger partial charge in [0, 0.05) is 17.7 Å². The van der Waals surface area contributed by atoms with Gasteiger partial charge in [0.05, 0.1) is 12.5 Å². The molecule has 1 atom stereocenters. The van der Waals surface area contributed by atoms with E-state index in [1.54, 1.807) is 31.3 Å². The highest BCUT2D eigenvalue weighted by molar-refractivity contribution is 6.46. The fourth-order valence-electron chi connectivity index (χ4n) is 5.09. The fourth-order valence-corrected chi connectivity index (χ4v) is 5.09. The summed E-state index contributed by atoms with van der Waals surface area (Å²) in [5.74, 6) is -1.25. The number of carboxylic acid groups (broad SMARTS) is 1. The van der Waals surface area contributed by atoms with E-state index in [1.807, 2.05) is 17.0 Å². The number of nitrogens with one attached hydrogen (secondary N) is 1. The molecule has 1 fully saturated rings. The maximum Gasteiger partial charge on any atom is 0.304 e. The largest absolute Gasteiger partial charge is 0.481 e. The van der Waals surface area contributed by atoms with Crippen LogP contribution in [0.1, 0.15) is 85.8 Å². The highest BCUT2D eigenvalue weighted by atomic mass is 19.1. The van der Waals surface area contributed by atoms with Crippen molar-refractivity contribution in [3.63, 3.8) is 0 Å². The number of hydrogen-bond acceptors (Lipinski definition) is 5. The summed E-state index contributed by atoms with van der Waals surface area (Å²) in [5.41, 5.74) is 1.96. The van der Waals surface area contributed by atoms with Gasteiger partial charge in [-0.1, -0.05) is 56.2 Å². The molecule has 8 heteroatoms. The summed E-state index contributed by atoms with van der Waals surface area (Å²) in [5, 5.41) is 10.7. The van der Waals surface area contributed by atoms with E-state index in [1.165, 1.54) is 12.1 Å². The van der Waals surface area contributed by atoms with Crippen LogP contribution in [0.25, 0.3) is 0 Å². The zero-order chi connectivity index (χ0) is 26.8. The third-order valence-corrected chi connectivity index (χ3v) is 6.86. The number of aliphatic carboxylic acids is 1.